The van der Waals surface area contributed by atoms with Gasteiger partial charge in [-0.25, -0.2) is 0 Å². The number of benzene rings is 1. The van der Waals surface area contributed by atoms with Crippen LogP contribution in [0.25, 0.3) is 21.0 Å². The Labute approximate surface area is 110 Å². The first-order chi connectivity index (χ1) is 8.74. The maximum atomic E-state index is 4.18. The van der Waals surface area contributed by atoms with E-state index >= 15 is 0 Å². The molecule has 0 atom stereocenters. The molecule has 3 aromatic rings. The van der Waals surface area contributed by atoms with Crippen molar-refractivity contribution in [1.29, 1.82) is 0 Å². The van der Waals surface area contributed by atoms with Crippen LogP contribution in [0.1, 0.15) is 11.3 Å². The van der Waals surface area contributed by atoms with E-state index in [-0.39, 0.29) is 0 Å². The van der Waals surface area contributed by atoms with Crippen LogP contribution in [-0.2, 0) is 0 Å². The molecule has 0 amide bonds. The summed E-state index contributed by atoms with van der Waals surface area (Å²) in [5.74, 6) is 0. The zero-order chi connectivity index (χ0) is 12.5. The fourth-order valence-electron chi connectivity index (χ4n) is 1.86. The molecule has 2 heterocycles. The van der Waals surface area contributed by atoms with Gasteiger partial charge in [0.05, 0.1) is 10.6 Å². The molecule has 1 N–H and O–H groups in total. The number of rotatable bonds is 2. The Morgan fingerprint density at radius 2 is 1.61 bits per heavy atom. The van der Waals surface area contributed by atoms with Gasteiger partial charge in [0.25, 0.3) is 0 Å². The molecule has 0 aliphatic heterocycles. The summed E-state index contributed by atoms with van der Waals surface area (Å²) in [7, 11) is 0. The van der Waals surface area contributed by atoms with Gasteiger partial charge in [-0.3, -0.25) is 0 Å². The van der Waals surface area contributed by atoms with Gasteiger partial charge in [-0.2, -0.15) is 15.4 Å². The van der Waals surface area contributed by atoms with E-state index in [2.05, 4.69) is 58.7 Å². The topological polar surface area (TPSA) is 41.6 Å². The SMILES string of the molecule is Cc1ccc(-c2ccc(-c3n[nH]nc3C)s2)cc1. The summed E-state index contributed by atoms with van der Waals surface area (Å²) in [6.07, 6.45) is 0. The Kier molecular flexibility index (Phi) is 2.72. The summed E-state index contributed by atoms with van der Waals surface area (Å²) in [4.78, 5) is 2.41. The van der Waals surface area contributed by atoms with Gasteiger partial charge in [0, 0.05) is 4.88 Å². The van der Waals surface area contributed by atoms with E-state index in [1.165, 1.54) is 16.0 Å². The molecule has 0 unspecified atom stereocenters. The third-order valence-corrected chi connectivity index (χ3v) is 4.04. The van der Waals surface area contributed by atoms with Crippen molar-refractivity contribution < 1.29 is 0 Å². The molecule has 2 aromatic heterocycles. The highest BCUT2D eigenvalue weighted by molar-refractivity contribution is 7.18. The van der Waals surface area contributed by atoms with Crippen molar-refractivity contribution in [3.63, 3.8) is 0 Å². The zero-order valence-corrected chi connectivity index (χ0v) is 11.1. The minimum atomic E-state index is 0.937. The van der Waals surface area contributed by atoms with Crippen LogP contribution in [-0.4, -0.2) is 15.4 Å². The van der Waals surface area contributed by atoms with Crippen molar-refractivity contribution in [2.24, 2.45) is 0 Å². The van der Waals surface area contributed by atoms with E-state index < -0.39 is 0 Å². The van der Waals surface area contributed by atoms with Gasteiger partial charge in [-0.05, 0) is 31.5 Å². The monoisotopic (exact) mass is 255 g/mol. The van der Waals surface area contributed by atoms with Gasteiger partial charge in [-0.15, -0.1) is 11.3 Å². The van der Waals surface area contributed by atoms with Gasteiger partial charge in [0.15, 0.2) is 0 Å². The van der Waals surface area contributed by atoms with Crippen LogP contribution >= 0.6 is 11.3 Å². The second kappa shape index (κ2) is 4.38. The Morgan fingerprint density at radius 1 is 0.889 bits per heavy atom. The van der Waals surface area contributed by atoms with Gasteiger partial charge in [0.2, 0.25) is 0 Å². The highest BCUT2D eigenvalue weighted by Crippen LogP contribution is 2.34. The average Bonchev–Trinajstić information content (AvgIpc) is 2.98. The standard InChI is InChI=1S/C14H13N3S/c1-9-3-5-11(6-4-9)12-7-8-13(18-12)14-10(2)15-17-16-14/h3-8H,1-2H3,(H,15,16,17). The van der Waals surface area contributed by atoms with Crippen LogP contribution in [0, 0.1) is 13.8 Å². The Hall–Kier alpha value is -1.94. The summed E-state index contributed by atoms with van der Waals surface area (Å²) in [5.41, 5.74) is 4.41. The summed E-state index contributed by atoms with van der Waals surface area (Å²) >= 11 is 1.74. The Bertz CT molecular complexity index is 664. The Balaban J connectivity index is 1.99. The smallest absolute Gasteiger partial charge is 0.125 e. The highest BCUT2D eigenvalue weighted by Gasteiger charge is 2.10. The van der Waals surface area contributed by atoms with Crippen molar-refractivity contribution >= 4 is 11.3 Å². The van der Waals surface area contributed by atoms with Crippen LogP contribution in [0.5, 0.6) is 0 Å². The molecule has 0 aliphatic rings. The molecule has 18 heavy (non-hydrogen) atoms. The van der Waals surface area contributed by atoms with E-state index in [0.29, 0.717) is 0 Å². The molecule has 1 aromatic carbocycles. The fraction of sp³-hybridized carbons (Fsp3) is 0.143. The molecule has 0 saturated heterocycles. The van der Waals surface area contributed by atoms with Crippen LogP contribution in [0.2, 0.25) is 0 Å². The largest absolute Gasteiger partial charge is 0.197 e. The number of aromatic amines is 1. The van der Waals surface area contributed by atoms with Crippen LogP contribution in [0.15, 0.2) is 36.4 Å². The second-order valence-electron chi connectivity index (χ2n) is 4.29. The molecule has 0 saturated carbocycles. The van der Waals surface area contributed by atoms with E-state index in [1.54, 1.807) is 11.3 Å². The highest BCUT2D eigenvalue weighted by atomic mass is 32.1. The number of nitrogens with zero attached hydrogens (tertiary/aromatic N) is 2. The predicted octanol–water partition coefficient (Wildman–Crippen LogP) is 3.82. The number of aryl methyl sites for hydroxylation is 2. The molecule has 0 bridgehead atoms. The fourth-order valence-corrected chi connectivity index (χ4v) is 2.91. The van der Waals surface area contributed by atoms with Crippen molar-refractivity contribution in [3.05, 3.63) is 47.7 Å². The van der Waals surface area contributed by atoms with Crippen molar-refractivity contribution in [2.45, 2.75) is 13.8 Å². The quantitative estimate of drug-likeness (QED) is 0.756. The molecule has 0 aliphatic carbocycles. The van der Waals surface area contributed by atoms with E-state index in [9.17, 15) is 0 Å². The summed E-state index contributed by atoms with van der Waals surface area (Å²) in [5, 5.41) is 10.9. The molecule has 0 radical (unpaired) electrons. The third-order valence-electron chi connectivity index (χ3n) is 2.90. The molecule has 0 spiro atoms. The second-order valence-corrected chi connectivity index (χ2v) is 5.37. The van der Waals surface area contributed by atoms with Gasteiger partial charge < -0.3 is 0 Å². The molecular weight excluding hydrogens is 242 g/mol. The van der Waals surface area contributed by atoms with E-state index in [4.69, 9.17) is 0 Å². The lowest BCUT2D eigenvalue weighted by atomic mass is 10.1. The predicted molar refractivity (Wildman–Crippen MR) is 74.6 cm³/mol. The normalized spacial score (nSPS) is 10.8. The first kappa shape index (κ1) is 11.2. The molecule has 0 fully saturated rings. The van der Waals surface area contributed by atoms with Crippen LogP contribution < -0.4 is 0 Å². The molecule has 90 valence electrons. The number of thiophene rings is 1. The Morgan fingerprint density at radius 3 is 2.28 bits per heavy atom. The number of nitrogens with one attached hydrogen (secondary N) is 1. The molecule has 3 nitrogen and oxygen atoms in total. The van der Waals surface area contributed by atoms with Crippen LogP contribution in [0.3, 0.4) is 0 Å². The van der Waals surface area contributed by atoms with Crippen molar-refractivity contribution in [3.8, 4) is 21.0 Å². The van der Waals surface area contributed by atoms with E-state index in [1.807, 2.05) is 6.92 Å². The molecule has 3 rings (SSSR count). The molecular formula is C14H13N3S. The number of H-pyrrole nitrogens is 1. The third kappa shape index (κ3) is 1.95. The first-order valence-corrected chi connectivity index (χ1v) is 6.60. The minimum absolute atomic E-state index is 0.937. The summed E-state index contributed by atoms with van der Waals surface area (Å²) in [6, 6.07) is 12.8. The maximum absolute atomic E-state index is 4.18. The lowest BCUT2D eigenvalue weighted by molar-refractivity contribution is 0.930. The number of aromatic nitrogens is 3. The van der Waals surface area contributed by atoms with E-state index in [0.717, 1.165) is 16.3 Å². The summed E-state index contributed by atoms with van der Waals surface area (Å²) in [6.45, 7) is 4.06. The minimum Gasteiger partial charge on any atom is -0.197 e. The number of hydrogen-bond donors (Lipinski definition) is 1. The maximum Gasteiger partial charge on any atom is 0.125 e. The van der Waals surface area contributed by atoms with Crippen molar-refractivity contribution in [1.82, 2.24) is 15.4 Å². The molecule has 4 heteroatoms. The summed E-state index contributed by atoms with van der Waals surface area (Å²) < 4.78 is 0. The zero-order valence-electron chi connectivity index (χ0n) is 10.3. The van der Waals surface area contributed by atoms with Gasteiger partial charge in [-0.1, -0.05) is 29.8 Å². The lowest BCUT2D eigenvalue weighted by Crippen LogP contribution is -1.75. The van der Waals surface area contributed by atoms with Crippen molar-refractivity contribution in [2.75, 3.05) is 0 Å². The van der Waals surface area contributed by atoms with Gasteiger partial charge in [0.1, 0.15) is 5.69 Å². The first-order valence-electron chi connectivity index (χ1n) is 5.78. The average molecular weight is 255 g/mol. The lowest BCUT2D eigenvalue weighted by Gasteiger charge is -1.97. The number of hydrogen-bond acceptors (Lipinski definition) is 3. The van der Waals surface area contributed by atoms with Gasteiger partial charge >= 0.3 is 0 Å². The van der Waals surface area contributed by atoms with Crippen LogP contribution in [0.4, 0.5) is 0 Å².